The van der Waals surface area contributed by atoms with Gasteiger partial charge in [0.05, 0.1) is 0 Å². The number of rotatable bonds is 2. The molecule has 0 unspecified atom stereocenters. The van der Waals surface area contributed by atoms with Crippen LogP contribution in [0.1, 0.15) is 34.6 Å². The molecule has 1 atom stereocenters. The summed E-state index contributed by atoms with van der Waals surface area (Å²) in [5.74, 6) is 0.116. The van der Waals surface area contributed by atoms with Crippen LogP contribution in [0, 0.1) is 19.3 Å². The molecule has 1 aromatic carbocycles. The van der Waals surface area contributed by atoms with E-state index in [-0.39, 0.29) is 17.2 Å². The van der Waals surface area contributed by atoms with E-state index in [0.29, 0.717) is 31.7 Å². The largest absolute Gasteiger partial charge is 0.337 e. The molecular formula is C21H23N3O2. The predicted octanol–water partition coefficient (Wildman–Crippen LogP) is 2.97. The normalized spacial score (nSPS) is 22.5. The van der Waals surface area contributed by atoms with E-state index >= 15 is 0 Å². The molecule has 5 heteroatoms. The third-order valence-electron chi connectivity index (χ3n) is 5.47. The molecule has 3 heterocycles. The van der Waals surface area contributed by atoms with Crippen molar-refractivity contribution in [2.45, 2.75) is 26.7 Å². The summed E-state index contributed by atoms with van der Waals surface area (Å²) in [7, 11) is 0. The molecule has 0 aliphatic carbocycles. The van der Waals surface area contributed by atoms with Crippen molar-refractivity contribution in [3.63, 3.8) is 0 Å². The predicted molar refractivity (Wildman–Crippen MR) is 100 cm³/mol. The topological polar surface area (TPSA) is 53.5 Å². The lowest BCUT2D eigenvalue weighted by molar-refractivity contribution is -0.117. The fraction of sp³-hybridized carbons (Fsp3) is 0.381. The number of hydrogen-bond acceptors (Lipinski definition) is 3. The Bertz CT molecular complexity index is 879. The molecule has 5 nitrogen and oxygen atoms in total. The summed E-state index contributed by atoms with van der Waals surface area (Å²) in [4.78, 5) is 33.5. The molecule has 0 bridgehead atoms. The van der Waals surface area contributed by atoms with Gasteiger partial charge in [-0.05, 0) is 50.1 Å². The van der Waals surface area contributed by atoms with Gasteiger partial charge in [0.1, 0.15) is 5.69 Å². The molecule has 0 radical (unpaired) electrons. The summed E-state index contributed by atoms with van der Waals surface area (Å²) < 4.78 is 0. The third-order valence-corrected chi connectivity index (χ3v) is 5.47. The second-order valence-corrected chi connectivity index (χ2v) is 7.64. The van der Waals surface area contributed by atoms with E-state index in [1.807, 2.05) is 60.0 Å². The van der Waals surface area contributed by atoms with Gasteiger partial charge in [-0.3, -0.25) is 9.59 Å². The van der Waals surface area contributed by atoms with Crippen molar-refractivity contribution in [1.29, 1.82) is 0 Å². The average Bonchev–Trinajstić information content (AvgIpc) is 3.17. The van der Waals surface area contributed by atoms with Gasteiger partial charge >= 0.3 is 0 Å². The Hall–Kier alpha value is -2.69. The number of anilines is 1. The highest BCUT2D eigenvalue weighted by Gasteiger charge is 2.49. The van der Waals surface area contributed by atoms with Crippen molar-refractivity contribution in [2.24, 2.45) is 5.41 Å². The minimum Gasteiger partial charge on any atom is -0.337 e. The van der Waals surface area contributed by atoms with Crippen molar-refractivity contribution in [3.8, 4) is 0 Å². The summed E-state index contributed by atoms with van der Waals surface area (Å²) in [6, 6.07) is 13.6. The van der Waals surface area contributed by atoms with Crippen molar-refractivity contribution in [2.75, 3.05) is 24.5 Å². The molecule has 134 valence electrons. The first-order chi connectivity index (χ1) is 12.5. The molecular weight excluding hydrogens is 326 g/mol. The highest BCUT2D eigenvalue weighted by atomic mass is 16.2. The monoisotopic (exact) mass is 349 g/mol. The Balaban J connectivity index is 1.51. The van der Waals surface area contributed by atoms with Crippen molar-refractivity contribution in [1.82, 2.24) is 9.88 Å². The van der Waals surface area contributed by atoms with E-state index in [0.717, 1.165) is 23.4 Å². The van der Waals surface area contributed by atoms with Gasteiger partial charge in [0.25, 0.3) is 5.91 Å². The lowest BCUT2D eigenvalue weighted by atomic mass is 9.86. The van der Waals surface area contributed by atoms with Crippen LogP contribution in [-0.2, 0) is 4.79 Å². The van der Waals surface area contributed by atoms with Gasteiger partial charge in [-0.15, -0.1) is 0 Å². The van der Waals surface area contributed by atoms with Gasteiger partial charge in [-0.25, -0.2) is 4.98 Å². The number of benzene rings is 1. The van der Waals surface area contributed by atoms with Crippen LogP contribution in [0.15, 0.2) is 42.5 Å². The van der Waals surface area contributed by atoms with E-state index < -0.39 is 0 Å². The Morgan fingerprint density at radius 1 is 1.12 bits per heavy atom. The number of hydrogen-bond donors (Lipinski definition) is 0. The first kappa shape index (κ1) is 16.8. The third kappa shape index (κ3) is 2.98. The number of pyridine rings is 1. The van der Waals surface area contributed by atoms with E-state index in [9.17, 15) is 9.59 Å². The lowest BCUT2D eigenvalue weighted by Crippen LogP contribution is -2.34. The summed E-state index contributed by atoms with van der Waals surface area (Å²) in [5, 5.41) is 0. The van der Waals surface area contributed by atoms with E-state index in [2.05, 4.69) is 4.98 Å². The highest BCUT2D eigenvalue weighted by Crippen LogP contribution is 2.42. The number of aryl methyl sites for hydroxylation is 2. The van der Waals surface area contributed by atoms with Gasteiger partial charge in [0.2, 0.25) is 5.91 Å². The first-order valence-corrected chi connectivity index (χ1v) is 9.06. The number of carbonyl (C=O) groups excluding carboxylic acids is 2. The van der Waals surface area contributed by atoms with Crippen LogP contribution in [0.2, 0.25) is 0 Å². The summed E-state index contributed by atoms with van der Waals surface area (Å²) in [6.45, 7) is 5.90. The highest BCUT2D eigenvalue weighted by molar-refractivity contribution is 5.97. The number of carbonyl (C=O) groups is 2. The zero-order chi connectivity index (χ0) is 18.3. The number of likely N-dealkylation sites (tertiary alicyclic amines) is 1. The van der Waals surface area contributed by atoms with Crippen LogP contribution in [-0.4, -0.2) is 41.3 Å². The minimum atomic E-state index is -0.139. The minimum absolute atomic E-state index is 0.0352. The summed E-state index contributed by atoms with van der Waals surface area (Å²) in [5.41, 5.74) is 3.29. The van der Waals surface area contributed by atoms with Crippen LogP contribution < -0.4 is 4.90 Å². The lowest BCUT2D eigenvalue weighted by Gasteiger charge is -2.24. The molecule has 2 saturated heterocycles. The molecule has 26 heavy (non-hydrogen) atoms. The molecule has 2 aromatic rings. The van der Waals surface area contributed by atoms with E-state index in [1.54, 1.807) is 6.07 Å². The Morgan fingerprint density at radius 2 is 1.92 bits per heavy atom. The Labute approximate surface area is 153 Å². The maximum atomic E-state index is 12.8. The number of nitrogens with zero attached hydrogens (tertiary/aromatic N) is 3. The molecule has 2 aliphatic heterocycles. The quantitative estimate of drug-likeness (QED) is 0.838. The maximum Gasteiger partial charge on any atom is 0.272 e. The molecule has 1 spiro atoms. The Morgan fingerprint density at radius 3 is 2.69 bits per heavy atom. The van der Waals surface area contributed by atoms with Crippen LogP contribution in [0.5, 0.6) is 0 Å². The SMILES string of the molecule is Cc1cccc(N2C[C@]3(CCN(C(=O)c4cccc(C)n4)C3)CC2=O)c1. The van der Waals surface area contributed by atoms with Crippen molar-refractivity contribution in [3.05, 3.63) is 59.4 Å². The van der Waals surface area contributed by atoms with Crippen LogP contribution in [0.4, 0.5) is 5.69 Å². The standard InChI is InChI=1S/C21H23N3O2/c1-15-5-3-7-17(11-15)24-14-21(12-19(24)25)9-10-23(13-21)20(26)18-8-4-6-16(2)22-18/h3-8,11H,9-10,12-14H2,1-2H3/t21-/m1/s1. The number of amides is 2. The van der Waals surface area contributed by atoms with Gasteiger partial charge in [-0.2, -0.15) is 0 Å². The first-order valence-electron chi connectivity index (χ1n) is 9.06. The summed E-state index contributed by atoms with van der Waals surface area (Å²) >= 11 is 0. The van der Waals surface area contributed by atoms with Gasteiger partial charge < -0.3 is 9.80 Å². The zero-order valence-corrected chi connectivity index (χ0v) is 15.2. The fourth-order valence-corrected chi connectivity index (χ4v) is 4.13. The summed E-state index contributed by atoms with van der Waals surface area (Å²) in [6.07, 6.45) is 1.37. The molecule has 2 fully saturated rings. The van der Waals surface area contributed by atoms with Gasteiger partial charge in [0.15, 0.2) is 0 Å². The second-order valence-electron chi connectivity index (χ2n) is 7.64. The van der Waals surface area contributed by atoms with E-state index in [1.165, 1.54) is 0 Å². The van der Waals surface area contributed by atoms with Crippen molar-refractivity contribution < 1.29 is 9.59 Å². The molecule has 4 rings (SSSR count). The van der Waals surface area contributed by atoms with Crippen molar-refractivity contribution >= 4 is 17.5 Å². The molecule has 0 saturated carbocycles. The average molecular weight is 349 g/mol. The fourth-order valence-electron chi connectivity index (χ4n) is 4.13. The molecule has 1 aromatic heterocycles. The van der Waals surface area contributed by atoms with Crippen LogP contribution in [0.25, 0.3) is 0 Å². The van der Waals surface area contributed by atoms with Crippen LogP contribution >= 0.6 is 0 Å². The zero-order valence-electron chi connectivity index (χ0n) is 15.2. The van der Waals surface area contributed by atoms with Gasteiger partial charge in [-0.1, -0.05) is 18.2 Å². The Kier molecular flexibility index (Phi) is 4.02. The smallest absolute Gasteiger partial charge is 0.272 e. The van der Waals surface area contributed by atoms with E-state index in [4.69, 9.17) is 0 Å². The molecule has 0 N–H and O–H groups in total. The van der Waals surface area contributed by atoms with Crippen LogP contribution in [0.3, 0.4) is 0 Å². The number of aromatic nitrogens is 1. The molecule has 2 aliphatic rings. The maximum absolute atomic E-state index is 12.8. The van der Waals surface area contributed by atoms with Gasteiger partial charge in [0, 0.05) is 42.9 Å². The molecule has 2 amide bonds. The second kappa shape index (κ2) is 6.24.